The van der Waals surface area contributed by atoms with Gasteiger partial charge in [-0.2, -0.15) is 0 Å². The fourth-order valence-corrected chi connectivity index (χ4v) is 8.63. The van der Waals surface area contributed by atoms with Crippen LogP contribution >= 0.6 is 28.3 Å². The number of halogens is 2. The van der Waals surface area contributed by atoms with Gasteiger partial charge in [0.15, 0.2) is 11.5 Å². The first-order chi connectivity index (χ1) is 17.9. The Bertz CT molecular complexity index is 1470. The van der Waals surface area contributed by atoms with E-state index in [2.05, 4.69) is 31.1 Å². The van der Waals surface area contributed by atoms with E-state index in [1.54, 1.807) is 6.07 Å². The Kier molecular flexibility index (Phi) is 5.45. The third-order valence-electron chi connectivity index (χ3n) is 9.95. The number of carbonyl (C=O) groups excluding carboxylic acids is 1. The number of phenolic OH excluding ortho intramolecular Hbond substituents is 1. The number of para-hydroxylation sites is 1. The van der Waals surface area contributed by atoms with E-state index in [4.69, 9.17) is 4.74 Å². The van der Waals surface area contributed by atoms with Gasteiger partial charge >= 0.3 is 0 Å². The van der Waals surface area contributed by atoms with Crippen LogP contribution in [0, 0.1) is 5.92 Å². The fraction of sp³-hybridized carbons (Fsp3) is 0.483. The van der Waals surface area contributed by atoms with E-state index in [0.717, 1.165) is 52.9 Å². The van der Waals surface area contributed by atoms with E-state index in [-0.39, 0.29) is 36.1 Å². The topological polar surface area (TPSA) is 97.8 Å². The van der Waals surface area contributed by atoms with Crippen LogP contribution in [0.2, 0.25) is 0 Å². The normalized spacial score (nSPS) is 32.8. The molecule has 38 heavy (non-hydrogen) atoms. The molecule has 3 aliphatic carbocycles. The number of rotatable bonds is 4. The molecule has 3 heterocycles. The molecule has 7 nitrogen and oxygen atoms in total. The number of aromatic nitrogens is 1. The van der Waals surface area contributed by atoms with Crippen LogP contribution in [0.3, 0.4) is 0 Å². The number of ether oxygens (including phenoxy) is 1. The maximum atomic E-state index is 13.6. The maximum absolute atomic E-state index is 13.6. The van der Waals surface area contributed by atoms with Crippen LogP contribution in [0.5, 0.6) is 11.5 Å². The minimum atomic E-state index is -0.956. The zero-order valence-electron chi connectivity index (χ0n) is 20.9. The summed E-state index contributed by atoms with van der Waals surface area (Å²) in [6.45, 7) is 1.94. The molecule has 8 rings (SSSR count). The van der Waals surface area contributed by atoms with Crippen LogP contribution in [0.1, 0.15) is 53.6 Å². The number of piperidine rings is 1. The van der Waals surface area contributed by atoms with Crippen molar-refractivity contribution in [2.45, 2.75) is 67.7 Å². The largest absolute Gasteiger partial charge is 0.504 e. The van der Waals surface area contributed by atoms with Gasteiger partial charge in [0.2, 0.25) is 0 Å². The SMILES string of the molecule is Cl.O=C(N[C@@H]1CC[C@@]2(O)[C@H]3Cc4ccc(O)c5c4[C@@]2(CCN3CC2CC2)[C@H]1O5)c1cccc2cc(Br)[nH]c12. The number of nitrogens with zero attached hydrogens (tertiary/aromatic N) is 1. The van der Waals surface area contributed by atoms with Gasteiger partial charge in [0.05, 0.1) is 32.7 Å². The van der Waals surface area contributed by atoms with Crippen molar-refractivity contribution in [3.8, 4) is 11.5 Å². The Hall–Kier alpha value is -2.26. The maximum Gasteiger partial charge on any atom is 0.253 e. The third kappa shape index (κ3) is 3.17. The van der Waals surface area contributed by atoms with Gasteiger partial charge in [-0.1, -0.05) is 18.2 Å². The number of amides is 1. The van der Waals surface area contributed by atoms with Gasteiger partial charge in [-0.25, -0.2) is 0 Å². The molecule has 0 unspecified atom stereocenters. The number of hydrogen-bond acceptors (Lipinski definition) is 5. The Labute approximate surface area is 235 Å². The lowest BCUT2D eigenvalue weighted by Crippen LogP contribution is -2.78. The molecule has 3 fully saturated rings. The van der Waals surface area contributed by atoms with Crippen LogP contribution in [0.4, 0.5) is 0 Å². The van der Waals surface area contributed by atoms with Crippen molar-refractivity contribution in [2.75, 3.05) is 13.1 Å². The van der Waals surface area contributed by atoms with Gasteiger partial charge in [0.1, 0.15) is 6.10 Å². The molecule has 0 radical (unpaired) electrons. The predicted octanol–water partition coefficient (Wildman–Crippen LogP) is 4.42. The number of hydrogen-bond donors (Lipinski definition) is 4. The van der Waals surface area contributed by atoms with Crippen LogP contribution in [-0.2, 0) is 11.8 Å². The second kappa shape index (κ2) is 8.37. The van der Waals surface area contributed by atoms with Crippen LogP contribution in [-0.4, -0.2) is 62.9 Å². The summed E-state index contributed by atoms with van der Waals surface area (Å²) >= 11 is 3.48. The van der Waals surface area contributed by atoms with E-state index >= 15 is 0 Å². The van der Waals surface area contributed by atoms with Gasteiger partial charge in [-0.3, -0.25) is 9.69 Å². The lowest BCUT2D eigenvalue weighted by atomic mass is 9.48. The molecule has 200 valence electrons. The smallest absolute Gasteiger partial charge is 0.253 e. The first kappa shape index (κ1) is 24.8. The Morgan fingerprint density at radius 3 is 2.87 bits per heavy atom. The molecule has 1 saturated heterocycles. The minimum absolute atomic E-state index is 0. The highest BCUT2D eigenvalue weighted by molar-refractivity contribution is 9.10. The number of carbonyl (C=O) groups is 1. The zero-order valence-corrected chi connectivity index (χ0v) is 23.3. The summed E-state index contributed by atoms with van der Waals surface area (Å²) in [5.74, 6) is 1.21. The molecule has 5 atom stereocenters. The molecule has 2 saturated carbocycles. The number of benzene rings is 2. The molecular formula is C29H31BrClN3O4. The number of likely N-dealkylation sites (tertiary alicyclic amines) is 1. The number of aliphatic hydroxyl groups is 1. The van der Waals surface area contributed by atoms with Gasteiger partial charge < -0.3 is 25.3 Å². The lowest BCUT2D eigenvalue weighted by molar-refractivity contribution is -0.191. The van der Waals surface area contributed by atoms with Gasteiger partial charge in [-0.15, -0.1) is 12.4 Å². The van der Waals surface area contributed by atoms with Crippen LogP contribution in [0.25, 0.3) is 10.9 Å². The third-order valence-corrected chi connectivity index (χ3v) is 10.4. The molecule has 2 aliphatic heterocycles. The fourth-order valence-electron chi connectivity index (χ4n) is 8.19. The first-order valence-electron chi connectivity index (χ1n) is 13.5. The average Bonchev–Trinajstić information content (AvgIpc) is 3.49. The molecule has 1 aromatic heterocycles. The highest BCUT2D eigenvalue weighted by atomic mass is 79.9. The Morgan fingerprint density at radius 1 is 1.21 bits per heavy atom. The number of aromatic amines is 1. The number of fused-ring (bicyclic) bond motifs is 1. The summed E-state index contributed by atoms with van der Waals surface area (Å²) in [4.78, 5) is 19.4. The van der Waals surface area contributed by atoms with Crippen molar-refractivity contribution >= 4 is 45.1 Å². The minimum Gasteiger partial charge on any atom is -0.504 e. The molecular weight excluding hydrogens is 570 g/mol. The van der Waals surface area contributed by atoms with Crippen LogP contribution < -0.4 is 10.1 Å². The molecule has 3 aromatic rings. The van der Waals surface area contributed by atoms with E-state index in [1.165, 1.54) is 18.4 Å². The van der Waals surface area contributed by atoms with Gasteiger partial charge in [0.25, 0.3) is 5.91 Å². The number of nitrogens with one attached hydrogen (secondary N) is 2. The quantitative estimate of drug-likeness (QED) is 0.356. The monoisotopic (exact) mass is 599 g/mol. The predicted molar refractivity (Wildman–Crippen MR) is 149 cm³/mol. The van der Waals surface area contributed by atoms with E-state index in [9.17, 15) is 15.0 Å². The summed E-state index contributed by atoms with van der Waals surface area (Å²) in [6, 6.07) is 11.2. The van der Waals surface area contributed by atoms with Crippen molar-refractivity contribution in [1.29, 1.82) is 0 Å². The summed E-state index contributed by atoms with van der Waals surface area (Å²) in [6.07, 6.45) is 4.87. The number of H-pyrrole nitrogens is 1. The summed E-state index contributed by atoms with van der Waals surface area (Å²) in [5, 5.41) is 27.7. The molecule has 2 bridgehead atoms. The molecule has 5 aliphatic rings. The van der Waals surface area contributed by atoms with E-state index in [1.807, 2.05) is 30.3 Å². The van der Waals surface area contributed by atoms with Crippen molar-refractivity contribution in [3.63, 3.8) is 0 Å². The second-order valence-corrected chi connectivity index (χ2v) is 12.7. The summed E-state index contributed by atoms with van der Waals surface area (Å²) < 4.78 is 7.41. The molecule has 9 heteroatoms. The Balaban J connectivity index is 0.00000242. The van der Waals surface area contributed by atoms with Gasteiger partial charge in [0, 0.05) is 23.5 Å². The first-order valence-corrected chi connectivity index (χ1v) is 14.2. The number of phenols is 1. The Morgan fingerprint density at radius 2 is 2.05 bits per heavy atom. The standard InChI is InChI=1S/C29H30BrN3O4.ClH/c30-22-13-17-2-1-3-18(24(17)32-22)27(35)31-19-8-9-29(36)21-12-16-6-7-20(34)25-23(16)28(29,26(19)37-25)10-11-33(21)14-15-4-5-15;/h1-3,6-7,13,15,19,21,26,32,34,36H,4-5,8-12,14H2,(H,31,35);1H/t19-,21-,26+,28+,29-;/m1./s1. The van der Waals surface area contributed by atoms with Gasteiger partial charge in [-0.05, 0) is 90.7 Å². The summed E-state index contributed by atoms with van der Waals surface area (Å²) in [5.41, 5.74) is 1.93. The lowest BCUT2D eigenvalue weighted by Gasteiger charge is -2.64. The molecule has 1 amide bonds. The molecule has 2 aromatic carbocycles. The number of aromatic hydroxyl groups is 1. The van der Waals surface area contributed by atoms with Crippen LogP contribution in [0.15, 0.2) is 41.0 Å². The second-order valence-electron chi connectivity index (χ2n) is 11.8. The van der Waals surface area contributed by atoms with E-state index in [0.29, 0.717) is 24.2 Å². The molecule has 4 N–H and O–H groups in total. The van der Waals surface area contributed by atoms with Crippen molar-refractivity contribution in [2.24, 2.45) is 5.92 Å². The van der Waals surface area contributed by atoms with Crippen molar-refractivity contribution in [1.82, 2.24) is 15.2 Å². The average molecular weight is 601 g/mol. The van der Waals surface area contributed by atoms with E-state index < -0.39 is 17.1 Å². The highest BCUT2D eigenvalue weighted by Gasteiger charge is 2.73. The van der Waals surface area contributed by atoms with Crippen molar-refractivity contribution < 1.29 is 19.7 Å². The van der Waals surface area contributed by atoms with Crippen molar-refractivity contribution in [3.05, 3.63) is 57.7 Å². The molecule has 1 spiro atoms. The zero-order chi connectivity index (χ0) is 25.1. The summed E-state index contributed by atoms with van der Waals surface area (Å²) in [7, 11) is 0. The highest BCUT2D eigenvalue weighted by Crippen LogP contribution is 2.65.